The van der Waals surface area contributed by atoms with Gasteiger partial charge in [-0.2, -0.15) is 23.8 Å². The van der Waals surface area contributed by atoms with Crippen LogP contribution in [0.15, 0.2) is 133 Å². The Kier molecular flexibility index (Phi) is 18.5. The van der Waals surface area contributed by atoms with Crippen molar-refractivity contribution in [3.05, 3.63) is 201 Å². The first-order chi connectivity index (χ1) is 31.4. The van der Waals surface area contributed by atoms with Gasteiger partial charge < -0.3 is 24.8 Å². The van der Waals surface area contributed by atoms with Gasteiger partial charge in [0.15, 0.2) is 0 Å². The fraction of sp³-hybridized carbons (Fsp3) is 0.328. The second-order valence-electron chi connectivity index (χ2n) is 21.9. The number of rotatable bonds is 4. The molecule has 0 saturated carbocycles. The Balaban J connectivity index is 0.000000272. The topological polar surface area (TPSA) is 0 Å². The van der Waals surface area contributed by atoms with E-state index in [4.69, 9.17) is 0 Å². The number of hydrogen-bond donors (Lipinski definition) is 0. The summed E-state index contributed by atoms with van der Waals surface area (Å²) in [5.74, 6) is 0. The molecule has 0 N–H and O–H groups in total. The number of halogens is 8. The Morgan fingerprint density at radius 1 is 0.471 bits per heavy atom. The van der Waals surface area contributed by atoms with Gasteiger partial charge in [-0.15, -0.1) is 23.1 Å². The van der Waals surface area contributed by atoms with Gasteiger partial charge in [0.2, 0.25) is 0 Å². The van der Waals surface area contributed by atoms with Gasteiger partial charge >= 0.3 is 208 Å². The molecule has 0 unspecified atom stereocenters. The Bertz CT molecular complexity index is 2610. The molecule has 6 aromatic rings. The zero-order valence-electron chi connectivity index (χ0n) is 42.1. The number of benzene rings is 6. The molecule has 70 heavy (non-hydrogen) atoms. The van der Waals surface area contributed by atoms with Gasteiger partial charge in [-0.1, -0.05) is 106 Å². The molecule has 0 atom stereocenters. The maximum Gasteiger partial charge on any atom is -0.109 e. The molecule has 6 aromatic carbocycles. The Morgan fingerprint density at radius 2 is 0.843 bits per heavy atom. The summed E-state index contributed by atoms with van der Waals surface area (Å²) in [5.41, 5.74) is 15.6. The molecule has 0 radical (unpaired) electrons. The van der Waals surface area contributed by atoms with Crippen molar-refractivity contribution in [2.45, 2.75) is 130 Å². The van der Waals surface area contributed by atoms with Crippen molar-refractivity contribution in [3.63, 3.8) is 0 Å². The van der Waals surface area contributed by atoms with E-state index in [1.807, 2.05) is 60.7 Å². The standard InChI is InChI=1S/C29H41.C27H16F6.C5H5.2ClH.Zr/c1-26(2,3)22-14-18-13-19-15-23(27(4,5)6)25(29(10,11)12)17-21(19)20(18)16-24(22)28(7,8)9;28-26(29,30)24-13-9-22(10-14-24)20-5-1-18(2-6-20)17-19-3-7-21(8-4-19)23-11-15-25(16-12-23)27(31,32)33;1-2-4-5-3-1;;;/h14,16-17H,13H2,1-12H3;1-16H;1-3H,4H2;2*1H;/q-1;;-1;;;+2/p-2. The van der Waals surface area contributed by atoms with E-state index in [0.717, 1.165) is 62.6 Å². The largest absolute Gasteiger partial charge is 1.00 e. The average Bonchev–Trinajstić information content (AvgIpc) is 3.96. The second kappa shape index (κ2) is 22.2. The van der Waals surface area contributed by atoms with E-state index in [0.29, 0.717) is 11.1 Å². The quantitative estimate of drug-likeness (QED) is 0.122. The summed E-state index contributed by atoms with van der Waals surface area (Å²) < 4.78 is 77.7. The number of fused-ring (bicyclic) bond motifs is 3. The summed E-state index contributed by atoms with van der Waals surface area (Å²) in [5, 5.41) is 0. The van der Waals surface area contributed by atoms with E-state index >= 15 is 0 Å². The minimum atomic E-state index is -4.36. The van der Waals surface area contributed by atoms with Gasteiger partial charge in [0.25, 0.3) is 0 Å². The van der Waals surface area contributed by atoms with E-state index in [2.05, 4.69) is 120 Å². The summed E-state index contributed by atoms with van der Waals surface area (Å²) in [6, 6.07) is 36.7. The van der Waals surface area contributed by atoms with E-state index < -0.39 is 23.5 Å². The molecule has 0 spiro atoms. The Hall–Kier alpha value is -4.29. The third-order valence-electron chi connectivity index (χ3n) is 12.3. The smallest absolute Gasteiger partial charge is 0.109 e. The minimum Gasteiger partial charge on any atom is -1.00 e. The van der Waals surface area contributed by atoms with Crippen LogP contribution in [-0.4, -0.2) is 3.21 Å². The van der Waals surface area contributed by atoms with Crippen LogP contribution in [0.3, 0.4) is 0 Å². The van der Waals surface area contributed by atoms with Crippen LogP contribution in [0.1, 0.15) is 145 Å². The third-order valence-corrected chi connectivity index (χ3v) is 13.7. The first kappa shape index (κ1) is 58.3. The normalized spacial score (nSPS) is 13.2. The minimum absolute atomic E-state index is 0. The molecule has 0 saturated heterocycles. The molecule has 0 nitrogen and oxygen atoms in total. The van der Waals surface area contributed by atoms with Crippen molar-refractivity contribution >= 4 is 3.21 Å². The van der Waals surface area contributed by atoms with Gasteiger partial charge in [0.1, 0.15) is 0 Å². The Morgan fingerprint density at radius 3 is 1.16 bits per heavy atom. The first-order valence-electron chi connectivity index (χ1n) is 23.1. The van der Waals surface area contributed by atoms with Crippen LogP contribution in [-0.2, 0) is 64.7 Å². The number of alkyl halides is 6. The molecule has 8 rings (SSSR count). The molecule has 0 fully saturated rings. The molecular formula is C61H62Cl2F6Zr-2. The first-order valence-corrected chi connectivity index (χ1v) is 24.3. The summed E-state index contributed by atoms with van der Waals surface area (Å²) in [6.07, 6.45) is 2.28. The van der Waals surface area contributed by atoms with Crippen molar-refractivity contribution in [3.8, 4) is 33.4 Å². The van der Waals surface area contributed by atoms with Crippen molar-refractivity contribution in [1.82, 2.24) is 0 Å². The van der Waals surface area contributed by atoms with E-state index in [1.165, 1.54) is 93.0 Å². The van der Waals surface area contributed by atoms with Gasteiger partial charge in [0.05, 0.1) is 0 Å². The van der Waals surface area contributed by atoms with Crippen LogP contribution in [0.4, 0.5) is 26.3 Å². The van der Waals surface area contributed by atoms with E-state index in [1.54, 1.807) is 0 Å². The second-order valence-corrected chi connectivity index (χ2v) is 23.1. The van der Waals surface area contributed by atoms with Crippen molar-refractivity contribution in [2.24, 2.45) is 0 Å². The summed E-state index contributed by atoms with van der Waals surface area (Å²) in [6.45, 7) is 28.0. The summed E-state index contributed by atoms with van der Waals surface area (Å²) in [7, 11) is 0. The average molecular weight is 1070 g/mol. The summed E-state index contributed by atoms with van der Waals surface area (Å²) in [4.78, 5) is 0. The van der Waals surface area contributed by atoms with Crippen molar-refractivity contribution in [2.75, 3.05) is 0 Å². The molecule has 0 amide bonds. The fourth-order valence-corrected chi connectivity index (χ4v) is 9.31. The van der Waals surface area contributed by atoms with E-state index in [-0.39, 0.29) is 46.5 Å². The van der Waals surface area contributed by atoms with Crippen molar-refractivity contribution in [1.29, 1.82) is 0 Å². The maximum absolute atomic E-state index is 12.8. The predicted molar refractivity (Wildman–Crippen MR) is 267 cm³/mol. The molecule has 9 heteroatoms. The molecule has 2 aliphatic carbocycles. The van der Waals surface area contributed by atoms with Crippen LogP contribution in [0, 0.1) is 12.1 Å². The molecule has 0 heterocycles. The van der Waals surface area contributed by atoms with Crippen LogP contribution in [0.2, 0.25) is 0 Å². The molecule has 2 aliphatic rings. The Labute approximate surface area is 440 Å². The zero-order valence-corrected chi connectivity index (χ0v) is 46.1. The fourth-order valence-electron chi connectivity index (χ4n) is 8.49. The van der Waals surface area contributed by atoms with Crippen LogP contribution in [0.25, 0.3) is 33.4 Å². The maximum atomic E-state index is 12.8. The molecule has 0 aromatic heterocycles. The SMILES string of the molecule is CC(C)(C)c1[c-]c2c(cc1C(C)(C)C)-c1cc(C(C)(C)C)c(C(C)(C)C)cc1C2.FC(F)(F)c1ccc(-c2ccc([C](=[Zr+2])c3ccc(-c4ccc(C(F)(F)F)cc4)cc3)cc2)cc1.[C-]1=CC=CC1.[Cl-].[Cl-]. The zero-order chi connectivity index (χ0) is 50.2. The van der Waals surface area contributed by atoms with Crippen LogP contribution >= 0.6 is 0 Å². The molecule has 0 aliphatic heterocycles. The van der Waals surface area contributed by atoms with Gasteiger partial charge in [0, 0.05) is 0 Å². The summed E-state index contributed by atoms with van der Waals surface area (Å²) >= 11 is 1.18. The van der Waals surface area contributed by atoms with Gasteiger partial charge in [-0.05, 0) is 39.4 Å². The van der Waals surface area contributed by atoms with Crippen molar-refractivity contribution < 1.29 is 75.4 Å². The molecule has 0 bridgehead atoms. The van der Waals surface area contributed by atoms with Gasteiger partial charge in [-0.25, -0.2) is 12.2 Å². The number of hydrogen-bond acceptors (Lipinski definition) is 0. The van der Waals surface area contributed by atoms with Crippen LogP contribution in [0.5, 0.6) is 0 Å². The molecule has 368 valence electrons. The molecular weight excluding hydrogens is 1010 g/mol. The monoisotopic (exact) mass is 1070 g/mol. The van der Waals surface area contributed by atoms with E-state index in [9.17, 15) is 26.3 Å². The predicted octanol–water partition coefficient (Wildman–Crippen LogP) is 11.7. The third kappa shape index (κ3) is 14.2. The van der Waals surface area contributed by atoms with Gasteiger partial charge in [-0.3, -0.25) is 6.08 Å². The van der Waals surface area contributed by atoms with Crippen LogP contribution < -0.4 is 24.8 Å². The number of allylic oxidation sites excluding steroid dienone is 4.